The van der Waals surface area contributed by atoms with E-state index in [0.29, 0.717) is 31.1 Å². The second-order valence-electron chi connectivity index (χ2n) is 7.82. The van der Waals surface area contributed by atoms with E-state index in [1.807, 2.05) is 6.92 Å². The number of nitrogens with one attached hydrogen (secondary N) is 1. The smallest absolute Gasteiger partial charge is 0.324 e. The lowest BCUT2D eigenvalue weighted by Crippen LogP contribution is -2.34. The molecule has 33 heavy (non-hydrogen) atoms. The molecule has 1 N–H and O–H groups in total. The lowest BCUT2D eigenvalue weighted by Gasteiger charge is -2.21. The lowest BCUT2D eigenvalue weighted by atomic mass is 10.1. The monoisotopic (exact) mass is 502 g/mol. The van der Waals surface area contributed by atoms with Crippen molar-refractivity contribution in [2.24, 2.45) is 5.92 Å². The number of carbonyl (C=O) groups is 1. The van der Waals surface area contributed by atoms with Crippen LogP contribution >= 0.6 is 20.3 Å². The Hall–Kier alpha value is -2.12. The van der Waals surface area contributed by atoms with Crippen LogP contribution in [-0.4, -0.2) is 42.5 Å². The number of alkyl halides is 4. The van der Waals surface area contributed by atoms with Gasteiger partial charge in [-0.05, 0) is 56.9 Å². The molecule has 0 radical (unpaired) electrons. The van der Waals surface area contributed by atoms with E-state index in [1.165, 1.54) is 48.2 Å². The molecule has 10 heteroatoms. The summed E-state index contributed by atoms with van der Waals surface area (Å²) in [5.74, 6) is -0.653. The second-order valence-corrected chi connectivity index (χ2v) is 10.4. The third-order valence-corrected chi connectivity index (χ3v) is 7.58. The number of hydrogen-bond donors (Lipinski definition) is 1. The van der Waals surface area contributed by atoms with Crippen molar-refractivity contribution >= 4 is 31.6 Å². The van der Waals surface area contributed by atoms with Crippen LogP contribution in [0.15, 0.2) is 59.0 Å². The van der Waals surface area contributed by atoms with Gasteiger partial charge < -0.3 is 10.2 Å². The van der Waals surface area contributed by atoms with Gasteiger partial charge in [0, 0.05) is 30.1 Å². The molecular formula is C23H24F5N2OPS. The summed E-state index contributed by atoms with van der Waals surface area (Å²) in [5, 5.41) is 3.78. The maximum absolute atomic E-state index is 13.6. The van der Waals surface area contributed by atoms with Crippen molar-refractivity contribution < 1.29 is 26.7 Å². The molecule has 3 rings (SSSR count). The summed E-state index contributed by atoms with van der Waals surface area (Å²) in [4.78, 5) is 15.3. The fraction of sp³-hybridized carbons (Fsp3) is 0.348. The van der Waals surface area contributed by atoms with Crippen LogP contribution < -0.4 is 10.6 Å². The Kier molecular flexibility index (Phi) is 8.40. The second kappa shape index (κ2) is 10.9. The molecule has 1 heterocycles. The first-order valence-corrected chi connectivity index (χ1v) is 12.1. The number of hydrogen-bond acceptors (Lipinski definition) is 3. The van der Waals surface area contributed by atoms with E-state index in [4.69, 9.17) is 0 Å². The van der Waals surface area contributed by atoms with Crippen molar-refractivity contribution in [3.05, 3.63) is 71.0 Å². The highest BCUT2D eigenvalue weighted by molar-refractivity contribution is 8.03. The van der Waals surface area contributed by atoms with Crippen LogP contribution in [0, 0.1) is 18.7 Å². The van der Waals surface area contributed by atoms with E-state index >= 15 is 0 Å². The van der Waals surface area contributed by atoms with E-state index in [9.17, 15) is 26.7 Å². The number of benzene rings is 2. The van der Waals surface area contributed by atoms with Gasteiger partial charge >= 0.3 is 12.1 Å². The summed E-state index contributed by atoms with van der Waals surface area (Å²) in [6, 6.07) is 10.2. The molecule has 2 atom stereocenters. The van der Waals surface area contributed by atoms with E-state index in [-0.39, 0.29) is 22.6 Å². The summed E-state index contributed by atoms with van der Waals surface area (Å²) in [7, 11) is -1.49. The Morgan fingerprint density at radius 3 is 2.76 bits per heavy atom. The Balaban J connectivity index is 1.56. The summed E-state index contributed by atoms with van der Waals surface area (Å²) < 4.78 is 65.9. The molecule has 1 aliphatic rings. The molecule has 0 bridgehead atoms. The molecule has 2 aromatic carbocycles. The number of carbonyl (C=O) groups excluding carboxylic acids is 1. The summed E-state index contributed by atoms with van der Waals surface area (Å²) in [5.41, 5.74) is -3.21. The molecule has 1 aliphatic heterocycles. The molecule has 1 fully saturated rings. The van der Waals surface area contributed by atoms with Crippen LogP contribution in [0.1, 0.15) is 22.3 Å². The van der Waals surface area contributed by atoms with Crippen molar-refractivity contribution in [2.45, 2.75) is 30.3 Å². The van der Waals surface area contributed by atoms with E-state index < -0.39 is 26.6 Å². The zero-order valence-corrected chi connectivity index (χ0v) is 19.7. The number of likely N-dealkylation sites (tertiary alicyclic amines) is 1. The third kappa shape index (κ3) is 6.70. The molecule has 2 aromatic rings. The molecule has 0 spiro atoms. The predicted molar refractivity (Wildman–Crippen MR) is 123 cm³/mol. The molecule has 2 unspecified atom stereocenters. The van der Waals surface area contributed by atoms with Crippen LogP contribution in [0.4, 0.5) is 22.0 Å². The van der Waals surface area contributed by atoms with Gasteiger partial charge in [-0.3, -0.25) is 4.79 Å². The summed E-state index contributed by atoms with van der Waals surface area (Å²) >= 11 is 1.32. The molecule has 1 saturated heterocycles. The van der Waals surface area contributed by atoms with Gasteiger partial charge in [-0.25, -0.2) is 13.2 Å². The SMILES string of the molecule is C=C(NCC1CCN(C(=O)c2ccccc2PC(F)(F)C(F)F)C1)Sc1cc(F)ccc1C. The van der Waals surface area contributed by atoms with Crippen LogP contribution in [0.5, 0.6) is 0 Å². The average molecular weight is 502 g/mol. The van der Waals surface area contributed by atoms with Crippen molar-refractivity contribution in [1.82, 2.24) is 10.2 Å². The number of halogens is 5. The number of rotatable bonds is 9. The molecule has 0 saturated carbocycles. The van der Waals surface area contributed by atoms with Gasteiger partial charge in [0.15, 0.2) is 0 Å². The van der Waals surface area contributed by atoms with Gasteiger partial charge in [-0.2, -0.15) is 8.78 Å². The largest absolute Gasteiger partial charge is 0.380 e. The van der Waals surface area contributed by atoms with Crippen molar-refractivity contribution in [3.63, 3.8) is 0 Å². The number of amides is 1. The fourth-order valence-electron chi connectivity index (χ4n) is 3.48. The van der Waals surface area contributed by atoms with Crippen LogP contribution in [0.3, 0.4) is 0 Å². The fourth-order valence-corrected chi connectivity index (χ4v) is 5.27. The van der Waals surface area contributed by atoms with Gasteiger partial charge in [0.05, 0.1) is 5.03 Å². The highest BCUT2D eigenvalue weighted by atomic mass is 32.2. The molecular weight excluding hydrogens is 478 g/mol. The Morgan fingerprint density at radius 2 is 2.03 bits per heavy atom. The van der Waals surface area contributed by atoms with Gasteiger partial charge in [0.25, 0.3) is 5.91 Å². The number of aryl methyl sites for hydroxylation is 1. The summed E-state index contributed by atoms with van der Waals surface area (Å²) in [6.45, 7) is 7.23. The molecule has 0 aromatic heterocycles. The van der Waals surface area contributed by atoms with E-state index in [1.54, 1.807) is 11.0 Å². The quantitative estimate of drug-likeness (QED) is 0.275. The Morgan fingerprint density at radius 1 is 1.30 bits per heavy atom. The summed E-state index contributed by atoms with van der Waals surface area (Å²) in [6.07, 6.45) is -3.09. The lowest BCUT2D eigenvalue weighted by molar-refractivity contribution is -0.0586. The highest BCUT2D eigenvalue weighted by Gasteiger charge is 2.42. The zero-order valence-electron chi connectivity index (χ0n) is 17.9. The first-order chi connectivity index (χ1) is 15.6. The van der Waals surface area contributed by atoms with Crippen LogP contribution in [-0.2, 0) is 0 Å². The average Bonchev–Trinajstić information content (AvgIpc) is 3.23. The highest BCUT2D eigenvalue weighted by Crippen LogP contribution is 2.40. The normalized spacial score (nSPS) is 16.7. The first kappa shape index (κ1) is 25.5. The minimum Gasteiger partial charge on any atom is -0.380 e. The van der Waals surface area contributed by atoms with Crippen molar-refractivity contribution in [2.75, 3.05) is 19.6 Å². The van der Waals surface area contributed by atoms with Crippen molar-refractivity contribution in [3.8, 4) is 0 Å². The van der Waals surface area contributed by atoms with Crippen LogP contribution in [0.25, 0.3) is 0 Å². The van der Waals surface area contributed by atoms with Gasteiger partial charge in [0.2, 0.25) is 0 Å². The van der Waals surface area contributed by atoms with Gasteiger partial charge in [-0.1, -0.05) is 42.6 Å². The molecule has 1 amide bonds. The topological polar surface area (TPSA) is 32.3 Å². The van der Waals surface area contributed by atoms with E-state index in [2.05, 4.69) is 11.9 Å². The number of thioether (sulfide) groups is 1. The van der Waals surface area contributed by atoms with Crippen LogP contribution in [0.2, 0.25) is 0 Å². The Bertz CT molecular complexity index is 1020. The van der Waals surface area contributed by atoms with E-state index in [0.717, 1.165) is 10.5 Å². The minimum absolute atomic E-state index is 0.0336. The third-order valence-electron chi connectivity index (χ3n) is 5.28. The Labute approximate surface area is 195 Å². The maximum atomic E-state index is 13.6. The molecule has 0 aliphatic carbocycles. The van der Waals surface area contributed by atoms with Gasteiger partial charge in [0.1, 0.15) is 5.82 Å². The number of nitrogens with zero attached hydrogens (tertiary/aromatic N) is 1. The van der Waals surface area contributed by atoms with Crippen molar-refractivity contribution in [1.29, 1.82) is 0 Å². The first-order valence-electron chi connectivity index (χ1n) is 10.3. The standard InChI is InChI=1S/C23H24F5N2OPS/c1-14-7-8-17(24)11-20(14)33-15(2)29-12-16-9-10-30(13-16)21(31)18-5-3-4-6-19(18)32-23(27,28)22(25)26/h3-8,11,16,22,29,32H,2,9-10,12-13H2,1H3. The predicted octanol–water partition coefficient (Wildman–Crippen LogP) is 5.61. The van der Waals surface area contributed by atoms with Gasteiger partial charge in [-0.15, -0.1) is 0 Å². The minimum atomic E-state index is -4.17. The molecule has 178 valence electrons. The zero-order chi connectivity index (χ0) is 24.2. The maximum Gasteiger partial charge on any atom is 0.324 e. The molecule has 3 nitrogen and oxygen atoms in total.